The SMILES string of the molecule is CC.Cc1nc(N(Cc2ccccc2)C(=O)OC(C)(C)C)c2ncn(C3OC(CO)CC3F)c2n1. The fourth-order valence-electron chi connectivity index (χ4n) is 3.75. The Morgan fingerprint density at radius 2 is 1.94 bits per heavy atom. The fraction of sp³-hybridized carbons (Fsp3) is 0.520. The molecule has 0 aliphatic carbocycles. The van der Waals surface area contributed by atoms with Crippen molar-refractivity contribution in [1.82, 2.24) is 19.5 Å². The van der Waals surface area contributed by atoms with Crippen molar-refractivity contribution in [1.29, 1.82) is 0 Å². The topological polar surface area (TPSA) is 103 Å². The standard InChI is InChI=1S/C23H28FN5O4.C2H6/c1-14-26-19(28(22(31)33-23(2,3)4)11-15-8-6-5-7-9-15)18-20(27-14)29(13-25-18)21-17(24)10-16(12-30)32-21;1-2/h5-9,13,16-17,21,30H,10-12H2,1-4H3;1-2H3. The fourth-order valence-corrected chi connectivity index (χ4v) is 3.75. The summed E-state index contributed by atoms with van der Waals surface area (Å²) < 4.78 is 27.5. The van der Waals surface area contributed by atoms with Crippen molar-refractivity contribution < 1.29 is 23.8 Å². The van der Waals surface area contributed by atoms with Crippen LogP contribution in [0.15, 0.2) is 36.7 Å². The molecule has 3 aromatic rings. The molecule has 3 unspecified atom stereocenters. The Labute approximate surface area is 204 Å². The Morgan fingerprint density at radius 3 is 2.54 bits per heavy atom. The molecule has 1 fully saturated rings. The van der Waals surface area contributed by atoms with Crippen LogP contribution in [0.5, 0.6) is 0 Å². The van der Waals surface area contributed by atoms with Crippen LogP contribution in [0.4, 0.5) is 15.0 Å². The van der Waals surface area contributed by atoms with Gasteiger partial charge in [-0.25, -0.2) is 24.1 Å². The molecule has 190 valence electrons. The second-order valence-electron chi connectivity index (χ2n) is 9.05. The van der Waals surface area contributed by atoms with Crippen molar-refractivity contribution in [2.75, 3.05) is 11.5 Å². The summed E-state index contributed by atoms with van der Waals surface area (Å²) >= 11 is 0. The number of nitrogens with zero attached hydrogens (tertiary/aromatic N) is 5. The minimum absolute atomic E-state index is 0.0792. The number of fused-ring (bicyclic) bond motifs is 1. The molecule has 1 aliphatic rings. The molecule has 0 saturated carbocycles. The number of anilines is 1. The van der Waals surface area contributed by atoms with E-state index in [0.29, 0.717) is 17.0 Å². The summed E-state index contributed by atoms with van der Waals surface area (Å²) in [7, 11) is 0. The highest BCUT2D eigenvalue weighted by molar-refractivity contribution is 5.95. The van der Waals surface area contributed by atoms with Gasteiger partial charge in [-0.1, -0.05) is 44.2 Å². The molecule has 0 bridgehead atoms. The molecule has 35 heavy (non-hydrogen) atoms. The zero-order valence-electron chi connectivity index (χ0n) is 21.1. The molecule has 1 saturated heterocycles. The van der Waals surface area contributed by atoms with Gasteiger partial charge in [0, 0.05) is 6.42 Å². The Kier molecular flexibility index (Phi) is 8.39. The zero-order chi connectivity index (χ0) is 25.8. The molecule has 4 rings (SSSR count). The summed E-state index contributed by atoms with van der Waals surface area (Å²) in [4.78, 5) is 28.0. The summed E-state index contributed by atoms with van der Waals surface area (Å²) in [6.45, 7) is 11.0. The lowest BCUT2D eigenvalue weighted by Gasteiger charge is -2.27. The third kappa shape index (κ3) is 6.12. The van der Waals surface area contributed by atoms with Gasteiger partial charge in [-0.15, -0.1) is 0 Å². The van der Waals surface area contributed by atoms with Crippen molar-refractivity contribution in [3.8, 4) is 0 Å². The third-order valence-corrected chi connectivity index (χ3v) is 5.18. The second kappa shape index (κ2) is 11.1. The van der Waals surface area contributed by atoms with Gasteiger partial charge in [-0.2, -0.15) is 0 Å². The number of carbonyl (C=O) groups is 1. The number of carbonyl (C=O) groups excluding carboxylic acids is 1. The number of hydrogen-bond donors (Lipinski definition) is 1. The summed E-state index contributed by atoms with van der Waals surface area (Å²) in [5.41, 5.74) is 0.822. The minimum atomic E-state index is -1.33. The molecule has 1 aromatic carbocycles. The first kappa shape index (κ1) is 26.5. The largest absolute Gasteiger partial charge is 0.443 e. The summed E-state index contributed by atoms with van der Waals surface area (Å²) in [6, 6.07) is 9.46. The number of imidazole rings is 1. The monoisotopic (exact) mass is 487 g/mol. The smallest absolute Gasteiger partial charge is 0.416 e. The van der Waals surface area contributed by atoms with E-state index in [0.717, 1.165) is 5.56 Å². The molecule has 1 aliphatic heterocycles. The number of aliphatic hydroxyl groups excluding tert-OH is 1. The maximum Gasteiger partial charge on any atom is 0.416 e. The van der Waals surface area contributed by atoms with E-state index < -0.39 is 30.2 Å². The second-order valence-corrected chi connectivity index (χ2v) is 9.05. The lowest BCUT2D eigenvalue weighted by atomic mass is 10.2. The van der Waals surface area contributed by atoms with Crippen LogP contribution in [0.25, 0.3) is 11.2 Å². The number of rotatable bonds is 5. The van der Waals surface area contributed by atoms with E-state index in [1.54, 1.807) is 27.7 Å². The highest BCUT2D eigenvalue weighted by Crippen LogP contribution is 2.35. The van der Waals surface area contributed by atoms with Gasteiger partial charge >= 0.3 is 6.09 Å². The minimum Gasteiger partial charge on any atom is -0.443 e. The van der Waals surface area contributed by atoms with Gasteiger partial charge in [-0.05, 0) is 33.3 Å². The molecule has 3 heterocycles. The Balaban J connectivity index is 0.00000167. The van der Waals surface area contributed by atoms with Crippen LogP contribution < -0.4 is 4.90 Å². The Morgan fingerprint density at radius 1 is 1.26 bits per heavy atom. The van der Waals surface area contributed by atoms with Crippen LogP contribution in [-0.2, 0) is 16.0 Å². The highest BCUT2D eigenvalue weighted by atomic mass is 19.1. The van der Waals surface area contributed by atoms with Gasteiger partial charge in [0.1, 0.15) is 17.6 Å². The van der Waals surface area contributed by atoms with Crippen molar-refractivity contribution in [2.45, 2.75) is 78.6 Å². The van der Waals surface area contributed by atoms with Crippen LogP contribution in [-0.4, -0.2) is 55.2 Å². The number of halogens is 1. The van der Waals surface area contributed by atoms with Gasteiger partial charge in [0.05, 0.1) is 25.6 Å². The van der Waals surface area contributed by atoms with E-state index in [4.69, 9.17) is 9.47 Å². The summed E-state index contributed by atoms with van der Waals surface area (Å²) in [5, 5.41) is 9.37. The molecule has 1 amide bonds. The first-order chi connectivity index (χ1) is 16.7. The van der Waals surface area contributed by atoms with Gasteiger partial charge in [-0.3, -0.25) is 9.47 Å². The number of aryl methyl sites for hydroxylation is 1. The maximum atomic E-state index is 14.7. The number of benzene rings is 1. The molecule has 0 spiro atoms. The highest BCUT2D eigenvalue weighted by Gasteiger charge is 2.38. The van der Waals surface area contributed by atoms with Gasteiger partial charge in [0.15, 0.2) is 23.2 Å². The number of alkyl halides is 1. The predicted molar refractivity (Wildman–Crippen MR) is 131 cm³/mol. The van der Waals surface area contributed by atoms with Gasteiger partial charge < -0.3 is 14.6 Å². The first-order valence-corrected chi connectivity index (χ1v) is 11.8. The van der Waals surface area contributed by atoms with Crippen LogP contribution in [0.2, 0.25) is 0 Å². The van der Waals surface area contributed by atoms with E-state index >= 15 is 0 Å². The molecule has 0 radical (unpaired) electrons. The predicted octanol–water partition coefficient (Wildman–Crippen LogP) is 4.72. The zero-order valence-corrected chi connectivity index (χ0v) is 21.1. The Bertz CT molecular complexity index is 1130. The number of amides is 1. The van der Waals surface area contributed by atoms with Crippen LogP contribution in [0.1, 0.15) is 58.7 Å². The molecular formula is C25H34FN5O4. The van der Waals surface area contributed by atoms with E-state index in [9.17, 15) is 14.3 Å². The normalized spacial score (nSPS) is 19.8. The lowest BCUT2D eigenvalue weighted by molar-refractivity contribution is -0.0351. The molecule has 9 nitrogen and oxygen atoms in total. The third-order valence-electron chi connectivity index (χ3n) is 5.18. The molecule has 1 N–H and O–H groups in total. The van der Waals surface area contributed by atoms with Crippen molar-refractivity contribution in [3.05, 3.63) is 48.0 Å². The van der Waals surface area contributed by atoms with Gasteiger partial charge in [0.2, 0.25) is 0 Å². The number of ether oxygens (including phenoxy) is 2. The maximum absolute atomic E-state index is 14.7. The van der Waals surface area contributed by atoms with Crippen LogP contribution >= 0.6 is 0 Å². The number of hydrogen-bond acceptors (Lipinski definition) is 7. The average molecular weight is 488 g/mol. The summed E-state index contributed by atoms with van der Waals surface area (Å²) in [5.74, 6) is 0.648. The molecule has 2 aromatic heterocycles. The van der Waals surface area contributed by atoms with E-state index in [2.05, 4.69) is 15.0 Å². The van der Waals surface area contributed by atoms with E-state index in [1.165, 1.54) is 15.8 Å². The molecular weight excluding hydrogens is 453 g/mol. The molecule has 3 atom stereocenters. The van der Waals surface area contributed by atoms with Crippen molar-refractivity contribution in [2.24, 2.45) is 0 Å². The van der Waals surface area contributed by atoms with E-state index in [-0.39, 0.29) is 25.4 Å². The van der Waals surface area contributed by atoms with Gasteiger partial charge in [0.25, 0.3) is 0 Å². The summed E-state index contributed by atoms with van der Waals surface area (Å²) in [6.07, 6.45) is -1.98. The van der Waals surface area contributed by atoms with Crippen molar-refractivity contribution in [3.63, 3.8) is 0 Å². The Hall–Kier alpha value is -3.11. The number of aromatic nitrogens is 4. The van der Waals surface area contributed by atoms with Crippen LogP contribution in [0, 0.1) is 6.92 Å². The molecule has 10 heteroatoms. The number of aliphatic hydroxyl groups is 1. The first-order valence-electron chi connectivity index (χ1n) is 11.8. The lowest BCUT2D eigenvalue weighted by Crippen LogP contribution is -2.37. The quantitative estimate of drug-likeness (QED) is 0.555. The van der Waals surface area contributed by atoms with Crippen LogP contribution in [0.3, 0.4) is 0 Å². The average Bonchev–Trinajstić information content (AvgIpc) is 3.40. The van der Waals surface area contributed by atoms with Crippen molar-refractivity contribution >= 4 is 23.1 Å². The van der Waals surface area contributed by atoms with E-state index in [1.807, 2.05) is 44.2 Å².